The summed E-state index contributed by atoms with van der Waals surface area (Å²) in [4.78, 5) is 0. The molecule has 0 bridgehead atoms. The third-order valence-electron chi connectivity index (χ3n) is 4.55. The Kier molecular flexibility index (Phi) is 5.20. The predicted octanol–water partition coefficient (Wildman–Crippen LogP) is 5.83. The second-order valence-electron chi connectivity index (χ2n) is 6.95. The molecule has 1 aliphatic heterocycles. The molecule has 1 aliphatic rings. The Morgan fingerprint density at radius 2 is 1.83 bits per heavy atom. The SMILES string of the molecule is CCc1ccc(-c2cccc(CC(C)C)c2)cc1C1C=CC=CN1. The maximum Gasteiger partial charge on any atom is 0.0698 e. The Labute approximate surface area is 146 Å². The van der Waals surface area contributed by atoms with E-state index in [2.05, 4.69) is 80.7 Å². The van der Waals surface area contributed by atoms with E-state index in [1.807, 2.05) is 12.3 Å². The van der Waals surface area contributed by atoms with Crippen molar-refractivity contribution in [2.75, 3.05) is 0 Å². The van der Waals surface area contributed by atoms with Gasteiger partial charge in [-0.2, -0.15) is 0 Å². The van der Waals surface area contributed by atoms with Crippen molar-refractivity contribution in [3.05, 3.63) is 83.6 Å². The summed E-state index contributed by atoms with van der Waals surface area (Å²) in [5, 5.41) is 3.46. The van der Waals surface area contributed by atoms with Crippen LogP contribution in [0.15, 0.2) is 66.9 Å². The number of aryl methyl sites for hydroxylation is 1. The number of hydrogen-bond donors (Lipinski definition) is 1. The van der Waals surface area contributed by atoms with Gasteiger partial charge in [0.1, 0.15) is 0 Å². The lowest BCUT2D eigenvalue weighted by Crippen LogP contribution is -2.16. The normalized spacial score (nSPS) is 16.4. The summed E-state index contributed by atoms with van der Waals surface area (Å²) in [6, 6.07) is 16.2. The second-order valence-corrected chi connectivity index (χ2v) is 6.95. The van der Waals surface area contributed by atoms with Gasteiger partial charge in [-0.1, -0.05) is 69.3 Å². The van der Waals surface area contributed by atoms with E-state index in [1.165, 1.54) is 27.8 Å². The molecule has 124 valence electrons. The average Bonchev–Trinajstić information content (AvgIpc) is 2.61. The van der Waals surface area contributed by atoms with Crippen molar-refractivity contribution in [1.82, 2.24) is 5.32 Å². The number of hydrogen-bond acceptors (Lipinski definition) is 1. The minimum Gasteiger partial charge on any atom is -0.381 e. The van der Waals surface area contributed by atoms with Crippen LogP contribution in [-0.2, 0) is 12.8 Å². The molecule has 0 radical (unpaired) electrons. The van der Waals surface area contributed by atoms with Gasteiger partial charge in [0, 0.05) is 0 Å². The third kappa shape index (κ3) is 3.79. The maximum absolute atomic E-state index is 3.46. The van der Waals surface area contributed by atoms with Crippen molar-refractivity contribution in [2.24, 2.45) is 5.92 Å². The van der Waals surface area contributed by atoms with Crippen LogP contribution >= 0.6 is 0 Å². The first-order chi connectivity index (χ1) is 11.7. The molecular weight excluding hydrogens is 290 g/mol. The van der Waals surface area contributed by atoms with Gasteiger partial charge in [0.15, 0.2) is 0 Å². The zero-order chi connectivity index (χ0) is 16.9. The molecule has 1 unspecified atom stereocenters. The van der Waals surface area contributed by atoms with Crippen LogP contribution < -0.4 is 5.32 Å². The minimum atomic E-state index is 0.267. The van der Waals surface area contributed by atoms with Crippen LogP contribution in [0.2, 0.25) is 0 Å². The van der Waals surface area contributed by atoms with Crippen molar-refractivity contribution in [3.63, 3.8) is 0 Å². The van der Waals surface area contributed by atoms with Gasteiger partial charge in [0.05, 0.1) is 6.04 Å². The lowest BCUT2D eigenvalue weighted by molar-refractivity contribution is 0.647. The van der Waals surface area contributed by atoms with Gasteiger partial charge in [0.2, 0.25) is 0 Å². The summed E-state index contributed by atoms with van der Waals surface area (Å²) in [5.41, 5.74) is 6.83. The van der Waals surface area contributed by atoms with Crippen LogP contribution in [0.3, 0.4) is 0 Å². The van der Waals surface area contributed by atoms with Crippen molar-refractivity contribution >= 4 is 0 Å². The first-order valence-electron chi connectivity index (χ1n) is 8.99. The monoisotopic (exact) mass is 317 g/mol. The predicted molar refractivity (Wildman–Crippen MR) is 104 cm³/mol. The Bertz CT molecular complexity index is 752. The van der Waals surface area contributed by atoms with Gasteiger partial charge in [-0.15, -0.1) is 0 Å². The Morgan fingerprint density at radius 3 is 2.54 bits per heavy atom. The molecule has 0 aromatic heterocycles. The van der Waals surface area contributed by atoms with Gasteiger partial charge in [-0.05, 0) is 64.9 Å². The van der Waals surface area contributed by atoms with E-state index in [0.29, 0.717) is 5.92 Å². The Hall–Kier alpha value is -2.28. The van der Waals surface area contributed by atoms with E-state index in [4.69, 9.17) is 0 Å². The molecule has 1 atom stereocenters. The molecule has 0 fully saturated rings. The first-order valence-corrected chi connectivity index (χ1v) is 8.99. The summed E-state index contributed by atoms with van der Waals surface area (Å²) in [5.74, 6) is 0.682. The molecule has 0 saturated carbocycles. The largest absolute Gasteiger partial charge is 0.381 e. The van der Waals surface area contributed by atoms with Crippen molar-refractivity contribution in [2.45, 2.75) is 39.7 Å². The summed E-state index contributed by atoms with van der Waals surface area (Å²) in [6.45, 7) is 6.77. The average molecular weight is 317 g/mol. The molecule has 1 heteroatoms. The summed E-state index contributed by atoms with van der Waals surface area (Å²) >= 11 is 0. The summed E-state index contributed by atoms with van der Waals surface area (Å²) < 4.78 is 0. The molecule has 1 nitrogen and oxygen atoms in total. The highest BCUT2D eigenvalue weighted by atomic mass is 14.9. The second kappa shape index (κ2) is 7.53. The van der Waals surface area contributed by atoms with Crippen molar-refractivity contribution < 1.29 is 0 Å². The van der Waals surface area contributed by atoms with E-state index < -0.39 is 0 Å². The fraction of sp³-hybridized carbons (Fsp3) is 0.304. The highest BCUT2D eigenvalue weighted by molar-refractivity contribution is 5.66. The number of allylic oxidation sites excluding steroid dienone is 2. The Balaban J connectivity index is 1.97. The molecular formula is C23H27N. The highest BCUT2D eigenvalue weighted by Crippen LogP contribution is 2.29. The van der Waals surface area contributed by atoms with Crippen LogP contribution in [0.1, 0.15) is 43.5 Å². The molecule has 3 rings (SSSR count). The quantitative estimate of drug-likeness (QED) is 0.731. The fourth-order valence-corrected chi connectivity index (χ4v) is 3.37. The lowest BCUT2D eigenvalue weighted by Gasteiger charge is -2.20. The van der Waals surface area contributed by atoms with Crippen molar-refractivity contribution in [1.29, 1.82) is 0 Å². The summed E-state index contributed by atoms with van der Waals surface area (Å²) in [7, 11) is 0. The van der Waals surface area contributed by atoms with Crippen LogP contribution in [0.5, 0.6) is 0 Å². The third-order valence-corrected chi connectivity index (χ3v) is 4.55. The molecule has 1 heterocycles. The van der Waals surface area contributed by atoms with Gasteiger partial charge < -0.3 is 5.32 Å². The Morgan fingerprint density at radius 1 is 1.00 bits per heavy atom. The molecule has 2 aromatic carbocycles. The number of benzene rings is 2. The van der Waals surface area contributed by atoms with Crippen LogP contribution in [0, 0.1) is 5.92 Å². The summed E-state index contributed by atoms with van der Waals surface area (Å²) in [6.07, 6.45) is 10.6. The smallest absolute Gasteiger partial charge is 0.0698 e. The standard InChI is InChI=1S/C23H27N/c1-4-19-11-12-21(16-22(19)23-10-5-6-13-24-23)20-9-7-8-18(15-20)14-17(2)3/h5-13,15-17,23-24H,4,14H2,1-3H3. The molecule has 0 spiro atoms. The molecule has 24 heavy (non-hydrogen) atoms. The highest BCUT2D eigenvalue weighted by Gasteiger charge is 2.13. The van der Waals surface area contributed by atoms with E-state index in [1.54, 1.807) is 0 Å². The molecule has 0 saturated heterocycles. The van der Waals surface area contributed by atoms with E-state index in [9.17, 15) is 0 Å². The zero-order valence-corrected chi connectivity index (χ0v) is 14.9. The fourth-order valence-electron chi connectivity index (χ4n) is 3.37. The molecule has 2 aromatic rings. The van der Waals surface area contributed by atoms with Crippen LogP contribution in [-0.4, -0.2) is 0 Å². The van der Waals surface area contributed by atoms with Gasteiger partial charge in [-0.3, -0.25) is 0 Å². The van der Waals surface area contributed by atoms with Crippen LogP contribution in [0.4, 0.5) is 0 Å². The number of rotatable bonds is 5. The molecule has 1 N–H and O–H groups in total. The maximum atomic E-state index is 3.46. The number of dihydropyridines is 1. The van der Waals surface area contributed by atoms with Gasteiger partial charge in [-0.25, -0.2) is 0 Å². The van der Waals surface area contributed by atoms with E-state index >= 15 is 0 Å². The molecule has 0 amide bonds. The number of nitrogens with one attached hydrogen (secondary N) is 1. The van der Waals surface area contributed by atoms with Crippen molar-refractivity contribution in [3.8, 4) is 11.1 Å². The topological polar surface area (TPSA) is 12.0 Å². The first kappa shape index (κ1) is 16.6. The van der Waals surface area contributed by atoms with E-state index in [-0.39, 0.29) is 6.04 Å². The lowest BCUT2D eigenvalue weighted by atomic mass is 9.91. The zero-order valence-electron chi connectivity index (χ0n) is 14.9. The van der Waals surface area contributed by atoms with E-state index in [0.717, 1.165) is 12.8 Å². The minimum absolute atomic E-state index is 0.267. The van der Waals surface area contributed by atoms with Crippen LogP contribution in [0.25, 0.3) is 11.1 Å². The molecule has 0 aliphatic carbocycles. The van der Waals surface area contributed by atoms with Gasteiger partial charge in [0.25, 0.3) is 0 Å². The van der Waals surface area contributed by atoms with Gasteiger partial charge >= 0.3 is 0 Å².